The van der Waals surface area contributed by atoms with Crippen LogP contribution < -0.4 is 11.1 Å². The number of likely N-dealkylation sites (tertiary alicyclic amines) is 1. The third kappa shape index (κ3) is 5.95. The van der Waals surface area contributed by atoms with Gasteiger partial charge in [-0.25, -0.2) is 0 Å². The first-order valence-corrected chi connectivity index (χ1v) is 8.44. The molecule has 1 unspecified atom stereocenters. The van der Waals surface area contributed by atoms with Crippen molar-refractivity contribution >= 4 is 11.8 Å². The van der Waals surface area contributed by atoms with Gasteiger partial charge in [0.2, 0.25) is 11.8 Å². The maximum atomic E-state index is 12.4. The molecule has 0 aromatic carbocycles. The van der Waals surface area contributed by atoms with E-state index >= 15 is 0 Å². The molecule has 5 heteroatoms. The molecule has 1 fully saturated rings. The minimum Gasteiger partial charge on any atom is -0.355 e. The number of hydrogen-bond acceptors (Lipinski definition) is 3. The van der Waals surface area contributed by atoms with Gasteiger partial charge in [0.15, 0.2) is 0 Å². The molecule has 0 aliphatic carbocycles. The predicted octanol–water partition coefficient (Wildman–Crippen LogP) is 1.76. The van der Waals surface area contributed by atoms with Crippen molar-refractivity contribution in [1.82, 2.24) is 10.2 Å². The Morgan fingerprint density at radius 1 is 1.32 bits per heavy atom. The SMILES string of the molecule is CC(C)C[C@H](N)C(=O)N1CCCC(CNC(=O)C(C)(C)C)C1. The molecule has 0 saturated carbocycles. The Kier molecular flexibility index (Phi) is 6.85. The van der Waals surface area contributed by atoms with E-state index in [0.29, 0.717) is 24.9 Å². The first kappa shape index (κ1) is 18.9. The monoisotopic (exact) mass is 311 g/mol. The molecule has 2 amide bonds. The van der Waals surface area contributed by atoms with E-state index in [1.165, 1.54) is 0 Å². The summed E-state index contributed by atoms with van der Waals surface area (Å²) in [6.07, 6.45) is 2.75. The van der Waals surface area contributed by atoms with Crippen molar-refractivity contribution in [3.05, 3.63) is 0 Å². The minimum atomic E-state index is -0.400. The highest BCUT2D eigenvalue weighted by Gasteiger charge is 2.28. The average molecular weight is 311 g/mol. The van der Waals surface area contributed by atoms with Crippen LogP contribution in [0.2, 0.25) is 0 Å². The fourth-order valence-corrected chi connectivity index (χ4v) is 2.78. The Morgan fingerprint density at radius 2 is 1.95 bits per heavy atom. The molecule has 3 N–H and O–H groups in total. The van der Waals surface area contributed by atoms with E-state index in [1.807, 2.05) is 25.7 Å². The Balaban J connectivity index is 2.47. The van der Waals surface area contributed by atoms with Crippen LogP contribution in [0.15, 0.2) is 0 Å². The van der Waals surface area contributed by atoms with E-state index in [0.717, 1.165) is 25.8 Å². The van der Waals surface area contributed by atoms with Crippen molar-refractivity contribution in [2.45, 2.75) is 59.9 Å². The van der Waals surface area contributed by atoms with Gasteiger partial charge in [0, 0.05) is 25.0 Å². The second-order valence-corrected chi connectivity index (χ2v) is 7.99. The Bertz CT molecular complexity index is 388. The number of carbonyl (C=O) groups is 2. The first-order chi connectivity index (χ1) is 10.1. The molecule has 5 nitrogen and oxygen atoms in total. The van der Waals surface area contributed by atoms with Crippen molar-refractivity contribution in [2.24, 2.45) is 23.0 Å². The first-order valence-electron chi connectivity index (χ1n) is 8.44. The molecule has 1 rings (SSSR count). The van der Waals surface area contributed by atoms with Crippen molar-refractivity contribution in [2.75, 3.05) is 19.6 Å². The number of amides is 2. The summed E-state index contributed by atoms with van der Waals surface area (Å²) < 4.78 is 0. The Hall–Kier alpha value is -1.10. The fourth-order valence-electron chi connectivity index (χ4n) is 2.78. The molecule has 128 valence electrons. The van der Waals surface area contributed by atoms with Crippen molar-refractivity contribution in [1.29, 1.82) is 0 Å². The second kappa shape index (κ2) is 7.95. The summed E-state index contributed by atoms with van der Waals surface area (Å²) in [5.41, 5.74) is 5.64. The summed E-state index contributed by atoms with van der Waals surface area (Å²) in [7, 11) is 0. The van der Waals surface area contributed by atoms with Gasteiger partial charge >= 0.3 is 0 Å². The van der Waals surface area contributed by atoms with Crippen LogP contribution in [0.25, 0.3) is 0 Å². The zero-order chi connectivity index (χ0) is 16.9. The molecular weight excluding hydrogens is 278 g/mol. The number of nitrogens with one attached hydrogen (secondary N) is 1. The highest BCUT2D eigenvalue weighted by atomic mass is 16.2. The lowest BCUT2D eigenvalue weighted by Crippen LogP contribution is -2.50. The van der Waals surface area contributed by atoms with Crippen LogP contribution >= 0.6 is 0 Å². The van der Waals surface area contributed by atoms with Crippen molar-refractivity contribution in [3.8, 4) is 0 Å². The minimum absolute atomic E-state index is 0.0561. The number of piperidine rings is 1. The van der Waals surface area contributed by atoms with E-state index in [-0.39, 0.29) is 17.2 Å². The van der Waals surface area contributed by atoms with Crippen LogP contribution in [0.1, 0.15) is 53.9 Å². The lowest BCUT2D eigenvalue weighted by molar-refractivity contribution is -0.134. The van der Waals surface area contributed by atoms with Crippen LogP contribution in [0, 0.1) is 17.3 Å². The van der Waals surface area contributed by atoms with Gasteiger partial charge in [-0.05, 0) is 31.1 Å². The van der Waals surface area contributed by atoms with E-state index in [2.05, 4.69) is 19.2 Å². The molecule has 1 aliphatic rings. The van der Waals surface area contributed by atoms with Gasteiger partial charge in [0.25, 0.3) is 0 Å². The largest absolute Gasteiger partial charge is 0.355 e. The summed E-state index contributed by atoms with van der Waals surface area (Å²) in [6, 6.07) is -0.400. The zero-order valence-electron chi connectivity index (χ0n) is 14.8. The van der Waals surface area contributed by atoms with Crippen molar-refractivity contribution < 1.29 is 9.59 Å². The van der Waals surface area contributed by atoms with Crippen LogP contribution in [0.4, 0.5) is 0 Å². The van der Waals surface area contributed by atoms with Crippen LogP contribution in [0.3, 0.4) is 0 Å². The topological polar surface area (TPSA) is 75.4 Å². The summed E-state index contributed by atoms with van der Waals surface area (Å²) >= 11 is 0. The molecule has 1 aliphatic heterocycles. The normalized spacial score (nSPS) is 20.9. The summed E-state index contributed by atoms with van der Waals surface area (Å²) in [5.74, 6) is 0.869. The lowest BCUT2D eigenvalue weighted by atomic mass is 9.93. The third-order valence-corrected chi connectivity index (χ3v) is 4.11. The van der Waals surface area contributed by atoms with Crippen molar-refractivity contribution in [3.63, 3.8) is 0 Å². The lowest BCUT2D eigenvalue weighted by Gasteiger charge is -2.35. The van der Waals surface area contributed by atoms with Gasteiger partial charge < -0.3 is 16.0 Å². The van der Waals surface area contributed by atoms with Gasteiger partial charge in [0.1, 0.15) is 0 Å². The number of nitrogens with two attached hydrogens (primary N) is 1. The van der Waals surface area contributed by atoms with E-state index in [9.17, 15) is 9.59 Å². The van der Waals surface area contributed by atoms with E-state index < -0.39 is 6.04 Å². The molecule has 22 heavy (non-hydrogen) atoms. The van der Waals surface area contributed by atoms with E-state index in [1.54, 1.807) is 0 Å². The Morgan fingerprint density at radius 3 is 2.50 bits per heavy atom. The number of rotatable bonds is 5. The Labute approximate surface area is 135 Å². The smallest absolute Gasteiger partial charge is 0.239 e. The quantitative estimate of drug-likeness (QED) is 0.812. The summed E-state index contributed by atoms with van der Waals surface area (Å²) in [6.45, 7) is 12.0. The zero-order valence-corrected chi connectivity index (χ0v) is 14.8. The number of nitrogens with zero attached hydrogens (tertiary/aromatic N) is 1. The van der Waals surface area contributed by atoms with Gasteiger partial charge in [0.05, 0.1) is 6.04 Å². The molecule has 0 radical (unpaired) electrons. The molecule has 1 heterocycles. The predicted molar refractivity (Wildman–Crippen MR) is 89.2 cm³/mol. The summed E-state index contributed by atoms with van der Waals surface area (Å²) in [5, 5.41) is 3.01. The van der Waals surface area contributed by atoms with Crippen LogP contribution in [0.5, 0.6) is 0 Å². The van der Waals surface area contributed by atoms with Crippen LogP contribution in [-0.4, -0.2) is 42.4 Å². The fraction of sp³-hybridized carbons (Fsp3) is 0.882. The molecule has 2 atom stereocenters. The van der Waals surface area contributed by atoms with Gasteiger partial charge in [-0.2, -0.15) is 0 Å². The molecule has 0 aromatic rings. The highest BCUT2D eigenvalue weighted by Crippen LogP contribution is 2.19. The van der Waals surface area contributed by atoms with Crippen LogP contribution in [-0.2, 0) is 9.59 Å². The summed E-state index contributed by atoms with van der Waals surface area (Å²) in [4.78, 5) is 26.2. The van der Waals surface area contributed by atoms with Gasteiger partial charge in [-0.1, -0.05) is 34.6 Å². The highest BCUT2D eigenvalue weighted by molar-refractivity contribution is 5.82. The second-order valence-electron chi connectivity index (χ2n) is 7.99. The van der Waals surface area contributed by atoms with Gasteiger partial charge in [-0.15, -0.1) is 0 Å². The maximum absolute atomic E-state index is 12.4. The van der Waals surface area contributed by atoms with Gasteiger partial charge in [-0.3, -0.25) is 9.59 Å². The molecule has 0 bridgehead atoms. The number of carbonyl (C=O) groups excluding carboxylic acids is 2. The molecule has 0 aromatic heterocycles. The maximum Gasteiger partial charge on any atom is 0.239 e. The average Bonchev–Trinajstić information content (AvgIpc) is 2.42. The van der Waals surface area contributed by atoms with E-state index in [4.69, 9.17) is 5.73 Å². The number of hydrogen-bond donors (Lipinski definition) is 2. The molecular formula is C17H33N3O2. The third-order valence-electron chi connectivity index (χ3n) is 4.11. The molecule has 0 spiro atoms. The molecule has 1 saturated heterocycles. The standard InChI is InChI=1S/C17H33N3O2/c1-12(2)9-14(18)15(21)20-8-6-7-13(11-20)10-19-16(22)17(3,4)5/h12-14H,6-11,18H2,1-5H3,(H,19,22)/t13?,14-/m0/s1.